The number of aliphatic hydroxyl groups is 1. The minimum Gasteiger partial charge on any atom is -0.388 e. The van der Waals surface area contributed by atoms with Crippen molar-refractivity contribution in [3.05, 3.63) is 35.9 Å². The van der Waals surface area contributed by atoms with Crippen molar-refractivity contribution in [2.24, 2.45) is 0 Å². The van der Waals surface area contributed by atoms with Crippen LogP contribution >= 0.6 is 15.9 Å². The van der Waals surface area contributed by atoms with Gasteiger partial charge in [-0.05, 0) is 21.5 Å². The topological polar surface area (TPSA) is 20.2 Å². The molecule has 1 aromatic carbocycles. The normalized spacial score (nSPS) is 17.9. The van der Waals surface area contributed by atoms with E-state index < -0.39 is 23.3 Å². The molecule has 0 radical (unpaired) electrons. The SMILES string of the molecule is OC(CC(F)(Br)C(F)(F)F)c1ccccc1. The van der Waals surface area contributed by atoms with E-state index >= 15 is 0 Å². The van der Waals surface area contributed by atoms with Gasteiger partial charge in [-0.2, -0.15) is 13.2 Å². The fraction of sp³-hybridized carbons (Fsp3) is 0.400. The van der Waals surface area contributed by atoms with Gasteiger partial charge < -0.3 is 5.11 Å². The van der Waals surface area contributed by atoms with Crippen LogP contribution in [-0.2, 0) is 0 Å². The molecule has 0 bridgehead atoms. The average molecular weight is 301 g/mol. The summed E-state index contributed by atoms with van der Waals surface area (Å²) < 4.78 is 46.1. The van der Waals surface area contributed by atoms with E-state index in [9.17, 15) is 22.7 Å². The van der Waals surface area contributed by atoms with Crippen LogP contribution in [0, 0.1) is 0 Å². The highest BCUT2D eigenvalue weighted by Gasteiger charge is 2.55. The Morgan fingerprint density at radius 2 is 1.62 bits per heavy atom. The molecule has 0 saturated carbocycles. The summed E-state index contributed by atoms with van der Waals surface area (Å²) in [5.41, 5.74) is 0.244. The summed E-state index contributed by atoms with van der Waals surface area (Å²) in [6, 6.07) is 7.63. The van der Waals surface area contributed by atoms with Gasteiger partial charge in [0, 0.05) is 6.42 Å². The Bertz CT molecular complexity index is 336. The summed E-state index contributed by atoms with van der Waals surface area (Å²) in [6.07, 6.45) is -7.64. The monoisotopic (exact) mass is 300 g/mol. The molecule has 16 heavy (non-hydrogen) atoms. The molecule has 1 rings (SSSR count). The van der Waals surface area contributed by atoms with E-state index in [-0.39, 0.29) is 5.56 Å². The number of hydrogen-bond donors (Lipinski definition) is 1. The smallest absolute Gasteiger partial charge is 0.388 e. The van der Waals surface area contributed by atoms with E-state index in [2.05, 4.69) is 0 Å². The summed E-state index contributed by atoms with van der Waals surface area (Å²) >= 11 is 1.95. The molecule has 0 aliphatic rings. The van der Waals surface area contributed by atoms with Crippen LogP contribution < -0.4 is 0 Å². The molecule has 0 aliphatic carbocycles. The van der Waals surface area contributed by atoms with Gasteiger partial charge in [0.25, 0.3) is 4.58 Å². The third-order valence-corrected chi connectivity index (χ3v) is 2.82. The molecule has 2 unspecified atom stereocenters. The van der Waals surface area contributed by atoms with Crippen molar-refractivity contribution in [2.75, 3.05) is 0 Å². The van der Waals surface area contributed by atoms with Gasteiger partial charge in [0.1, 0.15) is 0 Å². The second-order valence-electron chi connectivity index (χ2n) is 3.33. The molecule has 0 heterocycles. The quantitative estimate of drug-likeness (QED) is 0.666. The number of hydrogen-bond acceptors (Lipinski definition) is 1. The molecule has 90 valence electrons. The third-order valence-electron chi connectivity index (χ3n) is 2.05. The van der Waals surface area contributed by atoms with Gasteiger partial charge >= 0.3 is 6.18 Å². The Morgan fingerprint density at radius 1 is 1.12 bits per heavy atom. The van der Waals surface area contributed by atoms with Gasteiger partial charge in [-0.25, -0.2) is 4.39 Å². The van der Waals surface area contributed by atoms with Crippen molar-refractivity contribution in [2.45, 2.75) is 23.3 Å². The van der Waals surface area contributed by atoms with Crippen LogP contribution in [0.15, 0.2) is 30.3 Å². The van der Waals surface area contributed by atoms with E-state index in [1.54, 1.807) is 18.2 Å². The Hall–Kier alpha value is -0.620. The first kappa shape index (κ1) is 13.4. The van der Waals surface area contributed by atoms with Gasteiger partial charge in [-0.3, -0.25) is 0 Å². The zero-order chi connectivity index (χ0) is 12.4. The molecule has 0 amide bonds. The first-order chi connectivity index (χ1) is 7.24. The standard InChI is InChI=1S/C10H9BrF4O/c11-9(12,10(13,14)15)6-8(16)7-4-2-1-3-5-7/h1-5,8,16H,6H2. The van der Waals surface area contributed by atoms with Crippen LogP contribution in [0.2, 0.25) is 0 Å². The van der Waals surface area contributed by atoms with Crippen molar-refractivity contribution in [3.63, 3.8) is 0 Å². The maximum Gasteiger partial charge on any atom is 0.432 e. The average Bonchev–Trinajstić information content (AvgIpc) is 2.16. The van der Waals surface area contributed by atoms with E-state index in [0.717, 1.165) is 0 Å². The summed E-state index contributed by atoms with van der Waals surface area (Å²) in [5.74, 6) is 0. The first-order valence-electron chi connectivity index (χ1n) is 4.41. The molecule has 1 nitrogen and oxygen atoms in total. The van der Waals surface area contributed by atoms with E-state index in [4.69, 9.17) is 0 Å². The molecule has 2 atom stereocenters. The maximum atomic E-state index is 13.2. The molecule has 0 fully saturated rings. The second-order valence-corrected chi connectivity index (χ2v) is 4.59. The van der Waals surface area contributed by atoms with Crippen molar-refractivity contribution < 1.29 is 22.7 Å². The lowest BCUT2D eigenvalue weighted by molar-refractivity contribution is -0.199. The van der Waals surface area contributed by atoms with Crippen LogP contribution in [-0.4, -0.2) is 15.9 Å². The Balaban J connectivity index is 2.76. The molecule has 1 aromatic rings. The number of aliphatic hydroxyl groups excluding tert-OH is 1. The third kappa shape index (κ3) is 3.18. The highest BCUT2D eigenvalue weighted by Crippen LogP contribution is 2.44. The van der Waals surface area contributed by atoms with Crippen LogP contribution in [0.1, 0.15) is 18.1 Å². The van der Waals surface area contributed by atoms with Crippen molar-refractivity contribution in [1.82, 2.24) is 0 Å². The molecule has 0 aliphatic heterocycles. The molecule has 1 N–H and O–H groups in total. The lowest BCUT2D eigenvalue weighted by atomic mass is 10.0. The summed E-state index contributed by atoms with van der Waals surface area (Å²) in [5, 5.41) is 9.45. The van der Waals surface area contributed by atoms with Gasteiger partial charge in [0.2, 0.25) is 0 Å². The van der Waals surface area contributed by atoms with Crippen LogP contribution in [0.3, 0.4) is 0 Å². The predicted octanol–water partition coefficient (Wildman–Crippen LogP) is 3.73. The van der Waals surface area contributed by atoms with Crippen LogP contribution in [0.4, 0.5) is 17.6 Å². The Labute approximate surface area is 98.2 Å². The first-order valence-corrected chi connectivity index (χ1v) is 5.21. The van der Waals surface area contributed by atoms with Crippen LogP contribution in [0.25, 0.3) is 0 Å². The molecule has 0 aromatic heterocycles. The minimum absolute atomic E-state index is 0.244. The molecule has 0 saturated heterocycles. The summed E-state index contributed by atoms with van der Waals surface area (Å²) in [6.45, 7) is 0. The highest BCUT2D eigenvalue weighted by atomic mass is 79.9. The highest BCUT2D eigenvalue weighted by molar-refractivity contribution is 9.10. The van der Waals surface area contributed by atoms with E-state index in [0.29, 0.717) is 0 Å². The summed E-state index contributed by atoms with van der Waals surface area (Å²) in [4.78, 5) is 0. The van der Waals surface area contributed by atoms with E-state index in [1.807, 2.05) is 15.9 Å². The largest absolute Gasteiger partial charge is 0.432 e. The number of benzene rings is 1. The fourth-order valence-electron chi connectivity index (χ4n) is 1.15. The van der Waals surface area contributed by atoms with Gasteiger partial charge in [-0.15, -0.1) is 0 Å². The molecular formula is C10H9BrF4O. The molecule has 0 spiro atoms. The second kappa shape index (κ2) is 4.71. The van der Waals surface area contributed by atoms with Gasteiger partial charge in [0.15, 0.2) is 0 Å². The van der Waals surface area contributed by atoms with Crippen LogP contribution in [0.5, 0.6) is 0 Å². The van der Waals surface area contributed by atoms with Crippen molar-refractivity contribution >= 4 is 15.9 Å². The number of alkyl halides is 5. The van der Waals surface area contributed by atoms with Crippen molar-refractivity contribution in [1.29, 1.82) is 0 Å². The van der Waals surface area contributed by atoms with E-state index in [1.165, 1.54) is 12.1 Å². The zero-order valence-electron chi connectivity index (χ0n) is 8.01. The minimum atomic E-state index is -5.05. The Kier molecular flexibility index (Phi) is 3.96. The molecule has 6 heteroatoms. The number of rotatable bonds is 3. The number of halogens is 5. The maximum absolute atomic E-state index is 13.2. The van der Waals surface area contributed by atoms with Gasteiger partial charge in [-0.1, -0.05) is 30.3 Å². The Morgan fingerprint density at radius 3 is 2.06 bits per heavy atom. The fourth-order valence-corrected chi connectivity index (χ4v) is 1.46. The predicted molar refractivity (Wildman–Crippen MR) is 54.8 cm³/mol. The lowest BCUT2D eigenvalue weighted by Gasteiger charge is -2.24. The molecular weight excluding hydrogens is 292 g/mol. The summed E-state index contributed by atoms with van der Waals surface area (Å²) in [7, 11) is 0. The zero-order valence-corrected chi connectivity index (χ0v) is 9.59. The van der Waals surface area contributed by atoms with Gasteiger partial charge in [0.05, 0.1) is 6.10 Å². The lowest BCUT2D eigenvalue weighted by Crippen LogP contribution is -2.36. The van der Waals surface area contributed by atoms with Crippen molar-refractivity contribution in [3.8, 4) is 0 Å².